The molecule has 1 unspecified atom stereocenters. The Hall–Kier alpha value is -1.02. The van der Waals surface area contributed by atoms with Gasteiger partial charge in [-0.15, -0.1) is 0 Å². The number of benzene rings is 1. The van der Waals surface area contributed by atoms with Gasteiger partial charge in [0.1, 0.15) is 5.75 Å². The lowest BCUT2D eigenvalue weighted by atomic mass is 10.0. The van der Waals surface area contributed by atoms with Crippen LogP contribution in [0.2, 0.25) is 0 Å². The van der Waals surface area contributed by atoms with Crippen LogP contribution in [0.1, 0.15) is 59.6 Å². The summed E-state index contributed by atoms with van der Waals surface area (Å²) in [4.78, 5) is 2.35. The van der Waals surface area contributed by atoms with Crippen molar-refractivity contribution in [3.8, 4) is 5.75 Å². The zero-order valence-electron chi connectivity index (χ0n) is 14.2. The molecule has 0 aliphatic heterocycles. The fourth-order valence-electron chi connectivity index (χ4n) is 1.93. The summed E-state index contributed by atoms with van der Waals surface area (Å²) < 4.78 is 5.40. The monoisotopic (exact) mass is 267 g/mol. The maximum atomic E-state index is 5.40. The number of nitrogens with zero attached hydrogens (tertiary/aromatic N) is 1. The summed E-state index contributed by atoms with van der Waals surface area (Å²) in [6.07, 6.45) is 1.10. The average Bonchev–Trinajstić information content (AvgIpc) is 2.52. The second-order valence-corrected chi connectivity index (χ2v) is 3.74. The molecule has 0 saturated heterocycles. The molecule has 0 heterocycles. The molecular formula is C17H33NO. The summed E-state index contributed by atoms with van der Waals surface area (Å²) in [5.41, 5.74) is 1.28. The summed E-state index contributed by atoms with van der Waals surface area (Å²) in [5.74, 6) is 0.990. The van der Waals surface area contributed by atoms with Gasteiger partial charge >= 0.3 is 0 Å². The third kappa shape index (κ3) is 6.63. The van der Waals surface area contributed by atoms with Crippen LogP contribution in [-0.2, 0) is 0 Å². The van der Waals surface area contributed by atoms with Crippen molar-refractivity contribution in [2.45, 2.75) is 54.0 Å². The van der Waals surface area contributed by atoms with Crippen LogP contribution in [0, 0.1) is 0 Å². The van der Waals surface area contributed by atoms with Crippen LogP contribution in [0.4, 0.5) is 0 Å². The molecule has 0 aliphatic rings. The fourth-order valence-corrected chi connectivity index (χ4v) is 1.93. The third-order valence-electron chi connectivity index (χ3n) is 2.92. The maximum Gasteiger partial charge on any atom is 0.123 e. The smallest absolute Gasteiger partial charge is 0.123 e. The Morgan fingerprint density at radius 3 is 2.00 bits per heavy atom. The number of para-hydroxylation sites is 1. The highest BCUT2D eigenvalue weighted by Gasteiger charge is 2.16. The van der Waals surface area contributed by atoms with Crippen molar-refractivity contribution in [2.75, 3.05) is 20.7 Å². The number of hydrogen-bond acceptors (Lipinski definition) is 2. The van der Waals surface area contributed by atoms with Crippen LogP contribution >= 0.6 is 0 Å². The molecule has 2 heteroatoms. The maximum absolute atomic E-state index is 5.40. The zero-order valence-corrected chi connectivity index (χ0v) is 14.2. The Kier molecular flexibility index (Phi) is 14.3. The second kappa shape index (κ2) is 13.4. The van der Waals surface area contributed by atoms with Gasteiger partial charge in [0.05, 0.1) is 7.11 Å². The molecule has 19 heavy (non-hydrogen) atoms. The molecule has 2 nitrogen and oxygen atoms in total. The molecule has 0 N–H and O–H groups in total. The van der Waals surface area contributed by atoms with Gasteiger partial charge in [-0.25, -0.2) is 0 Å². The van der Waals surface area contributed by atoms with Gasteiger partial charge in [0, 0.05) is 11.6 Å². The van der Waals surface area contributed by atoms with Gasteiger partial charge < -0.3 is 4.74 Å². The SMILES string of the molecule is CC.CC.CCC(c1ccccc1OC)N(C)CC. The Bertz CT molecular complexity index is 299. The molecule has 1 rings (SSSR count). The Morgan fingerprint density at radius 1 is 1.05 bits per heavy atom. The van der Waals surface area contributed by atoms with Crippen molar-refractivity contribution in [3.63, 3.8) is 0 Å². The van der Waals surface area contributed by atoms with Crippen molar-refractivity contribution in [2.24, 2.45) is 0 Å². The largest absolute Gasteiger partial charge is 0.496 e. The quantitative estimate of drug-likeness (QED) is 0.731. The number of methoxy groups -OCH3 is 1. The first-order valence-electron chi connectivity index (χ1n) is 7.57. The molecule has 0 aromatic heterocycles. The van der Waals surface area contributed by atoms with Gasteiger partial charge in [-0.3, -0.25) is 4.90 Å². The van der Waals surface area contributed by atoms with Crippen LogP contribution in [0.25, 0.3) is 0 Å². The first kappa shape index (κ1) is 20.3. The van der Waals surface area contributed by atoms with E-state index in [0.29, 0.717) is 6.04 Å². The molecule has 0 aliphatic carbocycles. The molecule has 0 spiro atoms. The Labute approximate surface area is 120 Å². The van der Waals surface area contributed by atoms with E-state index < -0.39 is 0 Å². The van der Waals surface area contributed by atoms with Gasteiger partial charge in [-0.05, 0) is 26.1 Å². The highest BCUT2D eigenvalue weighted by molar-refractivity contribution is 5.35. The van der Waals surface area contributed by atoms with Gasteiger partial charge in [-0.1, -0.05) is 59.7 Å². The Morgan fingerprint density at radius 2 is 1.58 bits per heavy atom. The first-order valence-corrected chi connectivity index (χ1v) is 7.57. The van der Waals surface area contributed by atoms with Crippen LogP contribution in [0.3, 0.4) is 0 Å². The van der Waals surface area contributed by atoms with Crippen molar-refractivity contribution in [1.82, 2.24) is 4.90 Å². The number of hydrogen-bond donors (Lipinski definition) is 0. The summed E-state index contributed by atoms with van der Waals surface area (Å²) in [6, 6.07) is 8.72. The van der Waals surface area contributed by atoms with E-state index in [-0.39, 0.29) is 0 Å². The van der Waals surface area contributed by atoms with Crippen molar-refractivity contribution >= 4 is 0 Å². The van der Waals surface area contributed by atoms with Gasteiger partial charge in [0.2, 0.25) is 0 Å². The molecule has 1 aromatic carbocycles. The molecule has 1 atom stereocenters. The topological polar surface area (TPSA) is 12.5 Å². The highest BCUT2D eigenvalue weighted by atomic mass is 16.5. The average molecular weight is 267 g/mol. The van der Waals surface area contributed by atoms with E-state index >= 15 is 0 Å². The van der Waals surface area contributed by atoms with Gasteiger partial charge in [0.15, 0.2) is 0 Å². The van der Waals surface area contributed by atoms with Crippen LogP contribution in [0.15, 0.2) is 24.3 Å². The molecule has 112 valence electrons. The number of rotatable bonds is 5. The standard InChI is InChI=1S/C13H21NO.2C2H6/c1-5-12(14(3)6-2)11-9-7-8-10-13(11)15-4;2*1-2/h7-10,12H,5-6H2,1-4H3;2*1-2H3. The molecule has 1 aromatic rings. The summed E-state index contributed by atoms with van der Waals surface area (Å²) >= 11 is 0. The lowest BCUT2D eigenvalue weighted by molar-refractivity contribution is 0.245. The zero-order chi connectivity index (χ0) is 15.3. The molecule has 0 radical (unpaired) electrons. The summed E-state index contributed by atoms with van der Waals surface area (Å²) in [5, 5.41) is 0. The van der Waals surface area contributed by atoms with E-state index in [1.54, 1.807) is 7.11 Å². The first-order chi connectivity index (χ1) is 9.24. The van der Waals surface area contributed by atoms with Crippen LogP contribution < -0.4 is 4.74 Å². The second-order valence-electron chi connectivity index (χ2n) is 3.74. The van der Waals surface area contributed by atoms with Crippen molar-refractivity contribution < 1.29 is 4.74 Å². The summed E-state index contributed by atoms with van der Waals surface area (Å²) in [6.45, 7) is 13.4. The minimum Gasteiger partial charge on any atom is -0.496 e. The predicted molar refractivity (Wildman–Crippen MR) is 87.0 cm³/mol. The number of ether oxygens (including phenoxy) is 1. The van der Waals surface area contributed by atoms with Crippen molar-refractivity contribution in [1.29, 1.82) is 0 Å². The van der Waals surface area contributed by atoms with Crippen LogP contribution in [-0.4, -0.2) is 25.6 Å². The summed E-state index contributed by atoms with van der Waals surface area (Å²) in [7, 11) is 3.89. The van der Waals surface area contributed by atoms with E-state index in [9.17, 15) is 0 Å². The van der Waals surface area contributed by atoms with Gasteiger partial charge in [0.25, 0.3) is 0 Å². The highest BCUT2D eigenvalue weighted by Crippen LogP contribution is 2.30. The van der Waals surface area contributed by atoms with Crippen molar-refractivity contribution in [3.05, 3.63) is 29.8 Å². The lowest BCUT2D eigenvalue weighted by Gasteiger charge is -2.27. The molecule has 0 amide bonds. The minimum absolute atomic E-state index is 0.450. The minimum atomic E-state index is 0.450. The lowest BCUT2D eigenvalue weighted by Crippen LogP contribution is -2.24. The molecular weight excluding hydrogens is 234 g/mol. The van der Waals surface area contributed by atoms with E-state index in [4.69, 9.17) is 4.74 Å². The van der Waals surface area contributed by atoms with Crippen LogP contribution in [0.5, 0.6) is 5.75 Å². The molecule has 0 bridgehead atoms. The molecule has 0 fully saturated rings. The van der Waals surface area contributed by atoms with Gasteiger partial charge in [-0.2, -0.15) is 0 Å². The Balaban J connectivity index is 0. The van der Waals surface area contributed by atoms with E-state index in [2.05, 4.69) is 37.9 Å². The van der Waals surface area contributed by atoms with E-state index in [0.717, 1.165) is 18.7 Å². The van der Waals surface area contributed by atoms with E-state index in [1.807, 2.05) is 39.8 Å². The predicted octanol–water partition coefficient (Wildman–Crippen LogP) is 5.15. The molecule has 0 saturated carbocycles. The fraction of sp³-hybridized carbons (Fsp3) is 0.647. The normalized spacial score (nSPS) is 10.8. The third-order valence-corrected chi connectivity index (χ3v) is 2.92. The van der Waals surface area contributed by atoms with E-state index in [1.165, 1.54) is 5.56 Å².